The van der Waals surface area contributed by atoms with Crippen LogP contribution in [-0.4, -0.2) is 71.6 Å². The van der Waals surface area contributed by atoms with Gasteiger partial charge in [-0.05, 0) is 12.8 Å². The van der Waals surface area contributed by atoms with Crippen LogP contribution < -0.4 is 33.9 Å². The molecule has 0 aliphatic rings. The predicted octanol–water partition coefficient (Wildman–Crippen LogP) is 6.65. The first kappa shape index (κ1) is 61.1. The Morgan fingerprint density at radius 3 is 0.828 bits per heavy atom. The fraction of sp³-hybridized carbons (Fsp3) is 0.706. The van der Waals surface area contributed by atoms with Crippen LogP contribution in [0.25, 0.3) is 0 Å². The zero-order valence-electron chi connectivity index (χ0n) is 31.6. The van der Waals surface area contributed by atoms with Gasteiger partial charge in [0, 0.05) is 37.1 Å². The number of aromatic nitrogens is 2. The second-order valence-electron chi connectivity index (χ2n) is 13.9. The maximum Gasteiger partial charge on any atom is 0.460 e. The van der Waals surface area contributed by atoms with Gasteiger partial charge < -0.3 is 24.8 Å². The number of hydrogen-bond donors (Lipinski definition) is 0. The van der Waals surface area contributed by atoms with E-state index in [0.29, 0.717) is 25.7 Å². The van der Waals surface area contributed by atoms with Crippen LogP contribution in [-0.2, 0) is 25.9 Å². The summed E-state index contributed by atoms with van der Waals surface area (Å²) in [5.41, 5.74) is 0.113. The van der Waals surface area contributed by atoms with Crippen molar-refractivity contribution in [2.75, 3.05) is 0 Å². The van der Waals surface area contributed by atoms with Gasteiger partial charge in [0.15, 0.2) is 36.9 Å². The Hall–Kier alpha value is -2.94. The zero-order chi connectivity index (χ0) is 48.5. The molecule has 0 aromatic carbocycles. The van der Waals surface area contributed by atoms with Crippen molar-refractivity contribution >= 4 is 0 Å². The standard InChI is InChI=1S/C34H32F26N2.2ClH/c35-23(36,25(39,40)27(43,44)29(47,48)31(51,52)33(55,56)57)15-19-61-17-9-7-13-21(61)11-5-3-1-2-4-6-12-22-14-8-10-18-62(22)20-16-24(37,38)26(41,42)28(45,46)30(49,50)32(53,54)34(58,59)60;;/h7-10,13-14,17-18H,1-6,11-12,15-16,19-20H2;2*1H/q+2;;/p-2. The first-order valence-corrected chi connectivity index (χ1v) is 17.5. The molecule has 2 aromatic rings. The van der Waals surface area contributed by atoms with Gasteiger partial charge in [-0.15, -0.1) is 0 Å². The third-order valence-corrected chi connectivity index (χ3v) is 9.52. The van der Waals surface area contributed by atoms with E-state index in [1.165, 1.54) is 24.3 Å². The lowest BCUT2D eigenvalue weighted by molar-refractivity contribution is -0.707. The number of rotatable bonds is 23. The topological polar surface area (TPSA) is 7.76 Å². The van der Waals surface area contributed by atoms with Crippen LogP contribution in [0.5, 0.6) is 0 Å². The fourth-order valence-corrected chi connectivity index (χ4v) is 5.67. The highest BCUT2D eigenvalue weighted by Crippen LogP contribution is 2.62. The predicted molar refractivity (Wildman–Crippen MR) is 159 cm³/mol. The van der Waals surface area contributed by atoms with Crippen LogP contribution in [0.3, 0.4) is 0 Å². The molecule has 0 bridgehead atoms. The SMILES string of the molecule is FC(F)(F)C(F)(F)C(F)(F)C(F)(F)C(F)(F)C(F)(F)CC[n+]1ccccc1CCCCCCCCc1cccc[n+]1CCC(F)(F)C(F)(F)C(F)(F)C(F)(F)C(F)(F)C(F)(F)F.[Cl-].[Cl-]. The van der Waals surface area contributed by atoms with Gasteiger partial charge in [0.1, 0.15) is 0 Å². The molecule has 2 nitrogen and oxygen atoms in total. The lowest BCUT2D eigenvalue weighted by Crippen LogP contribution is -3.00. The molecular formula is C34H32Cl2F26N2. The van der Waals surface area contributed by atoms with Crippen molar-refractivity contribution in [3.8, 4) is 0 Å². The maximum absolute atomic E-state index is 14.3. The van der Waals surface area contributed by atoms with Crippen molar-refractivity contribution in [3.63, 3.8) is 0 Å². The Labute approximate surface area is 357 Å². The van der Waals surface area contributed by atoms with Crippen molar-refractivity contribution in [2.24, 2.45) is 0 Å². The molecule has 0 atom stereocenters. The molecule has 0 aliphatic carbocycles. The molecule has 0 amide bonds. The van der Waals surface area contributed by atoms with E-state index in [-0.39, 0.29) is 61.9 Å². The van der Waals surface area contributed by atoms with Crippen LogP contribution in [0, 0.1) is 0 Å². The normalized spacial score (nSPS) is 14.6. The molecule has 2 heterocycles. The minimum absolute atomic E-state index is 0. The fourth-order valence-electron chi connectivity index (χ4n) is 5.67. The summed E-state index contributed by atoms with van der Waals surface area (Å²) in [7, 11) is 0. The summed E-state index contributed by atoms with van der Waals surface area (Å²) in [6.45, 7) is -2.70. The Bertz CT molecular complexity index is 1650. The van der Waals surface area contributed by atoms with E-state index in [9.17, 15) is 114 Å². The number of hydrogen-bond acceptors (Lipinski definition) is 0. The first-order valence-electron chi connectivity index (χ1n) is 17.5. The Balaban J connectivity index is 0.0000198. The van der Waals surface area contributed by atoms with Crippen molar-refractivity contribution in [1.82, 2.24) is 0 Å². The van der Waals surface area contributed by atoms with Gasteiger partial charge in [0.05, 0.1) is 12.8 Å². The quantitative estimate of drug-likeness (QED) is 0.0670. The van der Waals surface area contributed by atoms with Crippen LogP contribution in [0.4, 0.5) is 114 Å². The molecule has 0 fully saturated rings. The summed E-state index contributed by atoms with van der Waals surface area (Å²) < 4.78 is 351. The molecule has 374 valence electrons. The summed E-state index contributed by atoms with van der Waals surface area (Å²) >= 11 is 0. The summed E-state index contributed by atoms with van der Waals surface area (Å²) in [4.78, 5) is 0. The van der Waals surface area contributed by atoms with Crippen molar-refractivity contribution in [1.29, 1.82) is 0 Å². The van der Waals surface area contributed by atoms with Gasteiger partial charge in [-0.2, -0.15) is 114 Å². The monoisotopic (exact) mass is 1030 g/mol. The molecule has 2 aromatic heterocycles. The average Bonchev–Trinajstić information content (AvgIpc) is 3.13. The highest BCUT2D eigenvalue weighted by molar-refractivity contribution is 5.11. The van der Waals surface area contributed by atoms with Gasteiger partial charge in [0.25, 0.3) is 0 Å². The third kappa shape index (κ3) is 11.4. The lowest BCUT2D eigenvalue weighted by Gasteiger charge is -2.39. The summed E-state index contributed by atoms with van der Waals surface area (Å²) in [6.07, 6.45) is -16.4. The van der Waals surface area contributed by atoms with Gasteiger partial charge in [0.2, 0.25) is 0 Å². The molecule has 0 aliphatic heterocycles. The minimum Gasteiger partial charge on any atom is -1.00 e. The van der Waals surface area contributed by atoms with Crippen LogP contribution in [0.15, 0.2) is 48.8 Å². The first-order chi connectivity index (χ1) is 27.6. The van der Waals surface area contributed by atoms with E-state index in [2.05, 4.69) is 0 Å². The molecule has 2 rings (SSSR count). The molecule has 30 heteroatoms. The zero-order valence-corrected chi connectivity index (χ0v) is 33.1. The van der Waals surface area contributed by atoms with E-state index < -0.39 is 97.5 Å². The van der Waals surface area contributed by atoms with Crippen LogP contribution in [0.2, 0.25) is 0 Å². The summed E-state index contributed by atoms with van der Waals surface area (Å²) in [6, 6.07) is 7.28. The van der Waals surface area contributed by atoms with E-state index in [1.807, 2.05) is 0 Å². The van der Waals surface area contributed by atoms with E-state index in [0.717, 1.165) is 33.7 Å². The number of nitrogens with zero attached hydrogens (tertiary/aromatic N) is 2. The van der Waals surface area contributed by atoms with Gasteiger partial charge in [-0.1, -0.05) is 37.8 Å². The Morgan fingerprint density at radius 1 is 0.312 bits per heavy atom. The Kier molecular flexibility index (Phi) is 19.6. The van der Waals surface area contributed by atoms with Crippen molar-refractivity contribution in [3.05, 3.63) is 60.2 Å². The molecule has 0 unspecified atom stereocenters. The molecule has 64 heavy (non-hydrogen) atoms. The third-order valence-electron chi connectivity index (χ3n) is 9.52. The maximum atomic E-state index is 14.3. The molecule has 0 saturated carbocycles. The molecule has 0 radical (unpaired) electrons. The lowest BCUT2D eigenvalue weighted by atomic mass is 9.92. The Morgan fingerprint density at radius 2 is 0.562 bits per heavy atom. The number of halogens is 28. The molecular weight excluding hydrogens is 1000 g/mol. The number of aryl methyl sites for hydroxylation is 4. The highest BCUT2D eigenvalue weighted by atomic mass is 35.5. The molecule has 0 spiro atoms. The number of pyridine rings is 2. The number of unbranched alkanes of at least 4 members (excludes halogenated alkanes) is 5. The van der Waals surface area contributed by atoms with Crippen LogP contribution in [0.1, 0.15) is 62.8 Å². The average molecular weight is 1030 g/mol. The molecule has 0 saturated heterocycles. The largest absolute Gasteiger partial charge is 1.00 e. The summed E-state index contributed by atoms with van der Waals surface area (Å²) in [5.74, 6) is -75.0. The number of alkyl halides is 26. The van der Waals surface area contributed by atoms with E-state index in [1.54, 1.807) is 0 Å². The van der Waals surface area contributed by atoms with Crippen molar-refractivity contribution in [2.45, 2.75) is 149 Å². The van der Waals surface area contributed by atoms with E-state index >= 15 is 0 Å². The smallest absolute Gasteiger partial charge is 0.460 e. The molecule has 0 N–H and O–H groups in total. The summed E-state index contributed by atoms with van der Waals surface area (Å²) in [5, 5.41) is 0. The second-order valence-corrected chi connectivity index (χ2v) is 13.9. The van der Waals surface area contributed by atoms with Crippen LogP contribution >= 0.6 is 0 Å². The minimum atomic E-state index is -8.02. The second kappa shape index (κ2) is 20.5. The van der Waals surface area contributed by atoms with E-state index in [4.69, 9.17) is 0 Å². The van der Waals surface area contributed by atoms with Gasteiger partial charge >= 0.3 is 71.6 Å². The van der Waals surface area contributed by atoms with Gasteiger partial charge in [-0.25, -0.2) is 9.13 Å². The van der Waals surface area contributed by atoms with Crippen molar-refractivity contribution < 1.29 is 148 Å². The highest BCUT2D eigenvalue weighted by Gasteiger charge is 2.92. The van der Waals surface area contributed by atoms with Gasteiger partial charge in [-0.3, -0.25) is 0 Å².